The molecule has 2 atom stereocenters. The SMILES string of the molecule is C1=CCCC(c2ccc(Nc3ccc4c(c3)NC3CCc5ccccc5[C@@H]43)cc2)=C1. The molecule has 0 amide bonds. The molecule has 0 aromatic heterocycles. The van der Waals surface area contributed by atoms with Crippen molar-refractivity contribution in [1.82, 2.24) is 0 Å². The summed E-state index contributed by atoms with van der Waals surface area (Å²) < 4.78 is 0. The van der Waals surface area contributed by atoms with E-state index < -0.39 is 0 Å². The molecule has 3 aromatic rings. The monoisotopic (exact) mass is 390 g/mol. The first-order valence-electron chi connectivity index (χ1n) is 11.1. The lowest BCUT2D eigenvalue weighted by Crippen LogP contribution is -2.27. The number of fused-ring (bicyclic) bond motifs is 5. The van der Waals surface area contributed by atoms with Crippen LogP contribution in [0.4, 0.5) is 17.1 Å². The average molecular weight is 391 g/mol. The Hall–Kier alpha value is -3.26. The Balaban J connectivity index is 1.24. The molecule has 2 N–H and O–H groups in total. The van der Waals surface area contributed by atoms with Crippen LogP contribution in [0.5, 0.6) is 0 Å². The van der Waals surface area contributed by atoms with Gasteiger partial charge in [-0.05, 0) is 77.8 Å². The number of allylic oxidation sites excluding steroid dienone is 4. The molecule has 1 aliphatic heterocycles. The summed E-state index contributed by atoms with van der Waals surface area (Å²) >= 11 is 0. The van der Waals surface area contributed by atoms with E-state index in [9.17, 15) is 0 Å². The van der Waals surface area contributed by atoms with E-state index in [1.165, 1.54) is 46.4 Å². The van der Waals surface area contributed by atoms with Crippen LogP contribution in [-0.2, 0) is 6.42 Å². The van der Waals surface area contributed by atoms with E-state index in [1.54, 1.807) is 0 Å². The van der Waals surface area contributed by atoms with E-state index in [4.69, 9.17) is 0 Å². The van der Waals surface area contributed by atoms with Crippen LogP contribution in [0, 0.1) is 0 Å². The molecule has 148 valence electrons. The molecule has 0 spiro atoms. The van der Waals surface area contributed by atoms with Crippen molar-refractivity contribution in [3.63, 3.8) is 0 Å². The zero-order valence-corrected chi connectivity index (χ0v) is 17.1. The predicted octanol–water partition coefficient (Wildman–Crippen LogP) is 7.04. The number of benzene rings is 3. The zero-order valence-electron chi connectivity index (χ0n) is 17.1. The smallest absolute Gasteiger partial charge is 0.0405 e. The van der Waals surface area contributed by atoms with E-state index in [0.29, 0.717) is 12.0 Å². The van der Waals surface area contributed by atoms with E-state index in [2.05, 4.69) is 95.6 Å². The van der Waals surface area contributed by atoms with E-state index in [0.717, 1.165) is 24.2 Å². The van der Waals surface area contributed by atoms with Gasteiger partial charge in [-0.2, -0.15) is 0 Å². The fourth-order valence-corrected chi connectivity index (χ4v) is 5.31. The summed E-state index contributed by atoms with van der Waals surface area (Å²) in [6.45, 7) is 0. The van der Waals surface area contributed by atoms with Crippen LogP contribution in [-0.4, -0.2) is 6.04 Å². The van der Waals surface area contributed by atoms with Crippen LogP contribution < -0.4 is 10.6 Å². The summed E-state index contributed by atoms with van der Waals surface area (Å²) in [7, 11) is 0. The second-order valence-corrected chi connectivity index (χ2v) is 8.63. The number of hydrogen-bond donors (Lipinski definition) is 2. The number of anilines is 3. The van der Waals surface area contributed by atoms with Gasteiger partial charge in [-0.1, -0.05) is 60.7 Å². The first kappa shape index (κ1) is 17.6. The second-order valence-electron chi connectivity index (χ2n) is 8.63. The third kappa shape index (κ3) is 3.04. The van der Waals surface area contributed by atoms with Gasteiger partial charge in [-0.3, -0.25) is 0 Å². The van der Waals surface area contributed by atoms with Crippen LogP contribution in [0.3, 0.4) is 0 Å². The average Bonchev–Trinajstić information content (AvgIpc) is 3.18. The van der Waals surface area contributed by atoms with Crippen LogP contribution in [0.1, 0.15) is 47.4 Å². The van der Waals surface area contributed by atoms with Gasteiger partial charge in [0.1, 0.15) is 0 Å². The number of nitrogens with one attached hydrogen (secondary N) is 2. The van der Waals surface area contributed by atoms with Crippen molar-refractivity contribution in [2.75, 3.05) is 10.6 Å². The van der Waals surface area contributed by atoms with Crippen LogP contribution in [0.15, 0.2) is 85.0 Å². The minimum absolute atomic E-state index is 0.483. The standard InChI is InChI=1S/C28H26N2/c1-2-6-19(7-3-1)20-10-13-22(14-11-20)29-23-15-16-25-27(18-23)30-26-17-12-21-8-4-5-9-24(21)28(25)26/h1-2,4-6,8-11,13-16,18,26,28-30H,3,7,12,17H2/t26?,28-/m0/s1. The molecule has 2 nitrogen and oxygen atoms in total. The molecule has 1 unspecified atom stereocenters. The molecule has 30 heavy (non-hydrogen) atoms. The van der Waals surface area contributed by atoms with Crippen molar-refractivity contribution in [2.45, 2.75) is 37.6 Å². The van der Waals surface area contributed by atoms with Gasteiger partial charge in [-0.15, -0.1) is 0 Å². The van der Waals surface area contributed by atoms with Crippen LogP contribution in [0.2, 0.25) is 0 Å². The van der Waals surface area contributed by atoms with Gasteiger partial charge in [-0.25, -0.2) is 0 Å². The third-order valence-corrected chi connectivity index (χ3v) is 6.80. The van der Waals surface area contributed by atoms with Gasteiger partial charge in [0.15, 0.2) is 0 Å². The first-order valence-corrected chi connectivity index (χ1v) is 11.1. The maximum absolute atomic E-state index is 3.80. The topological polar surface area (TPSA) is 24.1 Å². The van der Waals surface area contributed by atoms with Crippen molar-refractivity contribution < 1.29 is 0 Å². The highest BCUT2D eigenvalue weighted by Crippen LogP contribution is 2.46. The minimum atomic E-state index is 0.483. The van der Waals surface area contributed by atoms with Gasteiger partial charge < -0.3 is 10.6 Å². The fourth-order valence-electron chi connectivity index (χ4n) is 5.31. The maximum Gasteiger partial charge on any atom is 0.0405 e. The lowest BCUT2D eigenvalue weighted by Gasteiger charge is -2.28. The van der Waals surface area contributed by atoms with Gasteiger partial charge in [0.2, 0.25) is 0 Å². The summed E-state index contributed by atoms with van der Waals surface area (Å²) in [5.41, 5.74) is 10.7. The molecule has 2 heteroatoms. The molecular formula is C28H26N2. The molecular weight excluding hydrogens is 364 g/mol. The lowest BCUT2D eigenvalue weighted by molar-refractivity contribution is 0.574. The Kier molecular flexibility index (Phi) is 4.23. The molecule has 3 aromatic carbocycles. The molecule has 0 bridgehead atoms. The van der Waals surface area contributed by atoms with Gasteiger partial charge in [0.05, 0.1) is 0 Å². The summed E-state index contributed by atoms with van der Waals surface area (Å²) in [6.07, 6.45) is 11.3. The molecule has 0 saturated carbocycles. The lowest BCUT2D eigenvalue weighted by atomic mass is 9.78. The van der Waals surface area contributed by atoms with E-state index >= 15 is 0 Å². The van der Waals surface area contributed by atoms with Crippen molar-refractivity contribution in [3.05, 3.63) is 107 Å². The second kappa shape index (κ2) is 7.21. The maximum atomic E-state index is 3.80. The Labute approximate surface area is 178 Å². The summed E-state index contributed by atoms with van der Waals surface area (Å²) in [5, 5.41) is 7.39. The Morgan fingerprint density at radius 3 is 2.57 bits per heavy atom. The summed E-state index contributed by atoms with van der Waals surface area (Å²) in [4.78, 5) is 0. The van der Waals surface area contributed by atoms with Crippen molar-refractivity contribution >= 4 is 22.6 Å². The van der Waals surface area contributed by atoms with Gasteiger partial charge >= 0.3 is 0 Å². The fraction of sp³-hybridized carbons (Fsp3) is 0.214. The molecule has 0 radical (unpaired) electrons. The van der Waals surface area contributed by atoms with Crippen molar-refractivity contribution in [3.8, 4) is 0 Å². The van der Waals surface area contributed by atoms with Crippen LogP contribution in [0.25, 0.3) is 5.57 Å². The van der Waals surface area contributed by atoms with Crippen LogP contribution >= 0.6 is 0 Å². The van der Waals surface area contributed by atoms with E-state index in [1.807, 2.05) is 0 Å². The molecule has 0 saturated heterocycles. The highest BCUT2D eigenvalue weighted by Gasteiger charge is 2.37. The Morgan fingerprint density at radius 1 is 0.833 bits per heavy atom. The molecule has 0 fully saturated rings. The number of aryl methyl sites for hydroxylation is 1. The summed E-state index contributed by atoms with van der Waals surface area (Å²) in [6, 6.07) is 25.1. The minimum Gasteiger partial charge on any atom is -0.381 e. The number of hydrogen-bond acceptors (Lipinski definition) is 2. The third-order valence-electron chi connectivity index (χ3n) is 6.80. The first-order chi connectivity index (χ1) is 14.8. The zero-order chi connectivity index (χ0) is 19.9. The molecule has 3 aliphatic rings. The molecule has 2 aliphatic carbocycles. The Morgan fingerprint density at radius 2 is 1.70 bits per heavy atom. The van der Waals surface area contributed by atoms with Gasteiger partial charge in [0, 0.05) is 29.0 Å². The molecule has 1 heterocycles. The Bertz CT molecular complexity index is 1150. The van der Waals surface area contributed by atoms with E-state index in [-0.39, 0.29) is 0 Å². The largest absolute Gasteiger partial charge is 0.381 e. The quantitative estimate of drug-likeness (QED) is 0.501. The highest BCUT2D eigenvalue weighted by molar-refractivity contribution is 5.74. The van der Waals surface area contributed by atoms with Crippen molar-refractivity contribution in [1.29, 1.82) is 0 Å². The normalized spacial score (nSPS) is 21.1. The number of rotatable bonds is 3. The summed E-state index contributed by atoms with van der Waals surface area (Å²) in [5.74, 6) is 0.483. The van der Waals surface area contributed by atoms with Gasteiger partial charge in [0.25, 0.3) is 0 Å². The highest BCUT2D eigenvalue weighted by atomic mass is 15.0. The predicted molar refractivity (Wildman–Crippen MR) is 127 cm³/mol. The molecule has 6 rings (SSSR count). The van der Waals surface area contributed by atoms with Crippen molar-refractivity contribution in [2.24, 2.45) is 0 Å².